The average molecular weight is 1820 g/mol. The highest BCUT2D eigenvalue weighted by molar-refractivity contribution is 6.32. The number of nitrogens with one attached hydrogen (secondary N) is 7. The zero-order valence-electron chi connectivity index (χ0n) is 69.4. The molecule has 0 spiro atoms. The number of phenolic OH excluding ortho intramolecular Hbond substituents is 3. The summed E-state index contributed by atoms with van der Waals surface area (Å²) >= 11 is 20.9. The summed E-state index contributed by atoms with van der Waals surface area (Å²) in [5, 5.41) is 139. The van der Waals surface area contributed by atoms with Gasteiger partial charge in [0.25, 0.3) is 0 Å². The highest BCUT2D eigenvalue weighted by Gasteiger charge is 2.53. The van der Waals surface area contributed by atoms with Crippen molar-refractivity contribution in [1.29, 1.82) is 0 Å². The second kappa shape index (κ2) is 38.4. The molecule has 8 aliphatic rings. The third-order valence-electron chi connectivity index (χ3n) is 23.6. The number of amides is 7. The largest absolute Gasteiger partial charge is 0.508 e. The first-order valence-corrected chi connectivity index (χ1v) is 41.8. The van der Waals surface area contributed by atoms with Gasteiger partial charge in [0, 0.05) is 58.9 Å². The number of carbonyl (C=O) groups excluding carboxylic acids is 7. The molecule has 11 bridgehead atoms. The molecule has 40 heteroatoms. The summed E-state index contributed by atoms with van der Waals surface area (Å²) < 4.78 is 47.0. The number of carboxylic acid groups (broad SMARTS) is 1. The highest BCUT2D eigenvalue weighted by Crippen LogP contribution is 2.51. The number of nitrogens with two attached hydrogens (primary N) is 2. The number of carboxylic acids is 1. The van der Waals surface area contributed by atoms with E-state index in [1.54, 1.807) is 53.7 Å². The van der Waals surface area contributed by atoms with Crippen LogP contribution in [0.3, 0.4) is 0 Å². The molecule has 678 valence electrons. The smallest absolute Gasteiger partial charge is 0.330 e. The molecule has 37 nitrogen and oxygen atoms in total. The third-order valence-corrected chi connectivity index (χ3v) is 24.4. The van der Waals surface area contributed by atoms with Crippen LogP contribution in [-0.4, -0.2) is 214 Å². The third kappa shape index (κ3) is 20.4. The predicted octanol–water partition coefficient (Wildman–Crippen LogP) is 5.55. The van der Waals surface area contributed by atoms with E-state index in [2.05, 4.69) is 42.5 Å². The molecular formula is C87H98Cl3N11O26. The topological polar surface area (TPSA) is 572 Å². The van der Waals surface area contributed by atoms with Crippen LogP contribution < -0.4 is 62.9 Å². The van der Waals surface area contributed by atoms with Gasteiger partial charge in [-0.3, -0.25) is 38.6 Å². The molecular weight excluding hydrogens is 1720 g/mol. The molecule has 7 aliphatic heterocycles. The zero-order valence-corrected chi connectivity index (χ0v) is 71.7. The fourth-order valence-electron chi connectivity index (χ4n) is 16.8. The number of fused-ring (bicyclic) bond motifs is 15. The number of ether oxygens (including phenoxy) is 7. The maximum Gasteiger partial charge on any atom is 0.330 e. The van der Waals surface area contributed by atoms with E-state index in [9.17, 15) is 70.4 Å². The number of nitrogens with zero attached hydrogens (tertiary/aromatic N) is 2. The molecule has 7 heterocycles. The van der Waals surface area contributed by atoms with Crippen LogP contribution in [0.1, 0.15) is 137 Å². The number of nitroso groups, excluding NO2 is 1. The summed E-state index contributed by atoms with van der Waals surface area (Å²) in [5.41, 5.74) is 9.76. The highest BCUT2D eigenvalue weighted by atomic mass is 35.5. The van der Waals surface area contributed by atoms with E-state index in [-0.39, 0.29) is 54.8 Å². The number of carbonyl (C=O) groups is 8. The first-order chi connectivity index (χ1) is 60.1. The summed E-state index contributed by atoms with van der Waals surface area (Å²) in [4.78, 5) is 133. The van der Waals surface area contributed by atoms with Gasteiger partial charge in [-0.2, -0.15) is 0 Å². The number of hydrogen-bond acceptors (Lipinski definition) is 28. The SMILES string of the molecule is CC(C)C[C@H](C(=O)N[C@H]1C(=O)N[C@@H](CC(N)=O)C(=O)N[C@H]2C(=O)N[C@H]3C(=O)N[C@H](C(=O)N[C@H](C(=O)O)c4cc(O)cc(O)c4-c4cc3ccc4O)[C@H](O[C@@H]3C[C@@H](C)[C@H](O)[C@@](C)(N)C3)c3ccc(c(Cl)c3)Oc3cc2cc(c3O[C@@H]2O[C@H](CO)[C@@H](O)[C@H](O)[C@H]2O[C@H]2C[C@](C)(NCc3ccc(-c4ccc(Cl)cc4)cc3)[C@@H](O)[C@H](C)O2)Oc2ccc(cc2Cl)[C@H]1O)N(C)N=O. The lowest BCUT2D eigenvalue weighted by atomic mass is 9.74. The Hall–Kier alpha value is -11.1. The fourth-order valence-corrected chi connectivity index (χ4v) is 17.4. The Balaban J connectivity index is 1.02. The molecule has 2 saturated heterocycles. The minimum Gasteiger partial charge on any atom is -0.508 e. The lowest BCUT2D eigenvalue weighted by Gasteiger charge is -2.48. The molecule has 3 fully saturated rings. The predicted molar refractivity (Wildman–Crippen MR) is 453 cm³/mol. The van der Waals surface area contributed by atoms with Crippen molar-refractivity contribution in [2.24, 2.45) is 28.6 Å². The van der Waals surface area contributed by atoms with Gasteiger partial charge in [0.05, 0.1) is 52.8 Å². The zero-order chi connectivity index (χ0) is 91.9. The Morgan fingerprint density at radius 3 is 1.91 bits per heavy atom. The van der Waals surface area contributed by atoms with Gasteiger partial charge in [-0.15, -0.1) is 4.91 Å². The summed E-state index contributed by atoms with van der Waals surface area (Å²) in [5.74, 6) is -17.3. The van der Waals surface area contributed by atoms with E-state index >= 15 is 24.0 Å². The van der Waals surface area contributed by atoms with Crippen molar-refractivity contribution in [2.45, 2.75) is 207 Å². The summed E-state index contributed by atoms with van der Waals surface area (Å²) in [6.07, 6.45) is -21.3. The molecule has 7 aromatic carbocycles. The van der Waals surface area contributed by atoms with E-state index in [1.165, 1.54) is 31.3 Å². The first kappa shape index (κ1) is 93.5. The maximum absolute atomic E-state index is 16.6. The van der Waals surface area contributed by atoms with Crippen molar-refractivity contribution < 1.29 is 123 Å². The number of likely N-dealkylation sites (N-methyl/N-ethyl adjacent to an activating group) is 1. The lowest BCUT2D eigenvalue weighted by Crippen LogP contribution is -2.65. The van der Waals surface area contributed by atoms with Gasteiger partial charge in [0.15, 0.2) is 29.9 Å². The molecule has 1 aliphatic carbocycles. The van der Waals surface area contributed by atoms with Gasteiger partial charge in [0.1, 0.15) is 95.5 Å². The van der Waals surface area contributed by atoms with E-state index in [1.807, 2.05) is 36.4 Å². The molecule has 22 atom stereocenters. The number of phenols is 3. The molecule has 0 aromatic heterocycles. The Labute approximate surface area is 741 Å². The number of benzene rings is 7. The van der Waals surface area contributed by atoms with Crippen molar-refractivity contribution >= 4 is 82.1 Å². The molecule has 0 radical (unpaired) electrons. The molecule has 7 aromatic rings. The summed E-state index contributed by atoms with van der Waals surface area (Å²) in [6, 6.07) is 13.9. The molecule has 0 unspecified atom stereocenters. The van der Waals surface area contributed by atoms with Crippen LogP contribution in [0.2, 0.25) is 15.1 Å². The number of aliphatic hydroxyl groups excluding tert-OH is 6. The fraction of sp³-hybridized carbons (Fsp3) is 0.425. The van der Waals surface area contributed by atoms with Crippen molar-refractivity contribution in [1.82, 2.24) is 42.2 Å². The monoisotopic (exact) mass is 1820 g/mol. The number of aliphatic carboxylic acids is 1. The Bertz CT molecular complexity index is 5350. The van der Waals surface area contributed by atoms with Crippen LogP contribution in [0.5, 0.6) is 46.0 Å². The van der Waals surface area contributed by atoms with E-state index in [0.29, 0.717) is 5.02 Å². The van der Waals surface area contributed by atoms with E-state index in [0.717, 1.165) is 76.3 Å². The normalized spacial score (nSPS) is 29.4. The summed E-state index contributed by atoms with van der Waals surface area (Å²) in [7, 11) is 1.18. The van der Waals surface area contributed by atoms with Crippen molar-refractivity contribution in [3.05, 3.63) is 181 Å². The Kier molecular flexibility index (Phi) is 28.3. The second-order valence-electron chi connectivity index (χ2n) is 33.6. The number of aromatic hydroxyl groups is 3. The molecule has 1 saturated carbocycles. The maximum atomic E-state index is 16.6. The lowest BCUT2D eigenvalue weighted by molar-refractivity contribution is -0.334. The minimum atomic E-state index is -2.42. The molecule has 21 N–H and O–H groups in total. The Morgan fingerprint density at radius 1 is 0.677 bits per heavy atom. The Morgan fingerprint density at radius 2 is 1.29 bits per heavy atom. The van der Waals surface area contributed by atoms with Gasteiger partial charge < -0.3 is 133 Å². The second-order valence-corrected chi connectivity index (χ2v) is 34.9. The van der Waals surface area contributed by atoms with Crippen LogP contribution in [-0.2, 0) is 63.8 Å². The first-order valence-electron chi connectivity index (χ1n) is 40.7. The molecule has 15 rings (SSSR count). The van der Waals surface area contributed by atoms with Gasteiger partial charge in [-0.1, -0.05) is 110 Å². The standard InChI is InChI=1S/C87H98Cl3N11O26/c1-36(2)22-54(101(7)100-120)79(113)98-68-70(107)43-15-20-57(51(89)25-43)123-59-27-45-28-60(74(59)127-85-75(72(109)71(108)61(35-102)125-85)126-63-33-87(6,77(111)38(4)121-63)93-34-39-8-10-40(11-9-39)41-12-17-46(88)18-13-41)124-58-21-16-44(26-52(58)90)73(122-48-23-37(3)76(110)86(5,92)32-48)69-83(117)97-67(84(118)119)50-29-47(103)30-56(105)64(50)49-24-42(14-19-55(49)104)65(80(114)99-69)96-81(115)66(45)95-78(112)53(31-62(91)106)94-82(68)116/h8-21,24-30,36-38,48,53-54,61,63,65-73,75-77,85,93,102-105,107-111H,22-23,31-35,92H2,1-7H3,(H2,91,106)(H,94,116)(H,95,112)(H,96,115)(H,97,117)(H,98,113)(H,99,114)(H,118,119)/t37-,38+,48-,53+,54-,61-,63+,65-,66-,67+,68-,69+,70-,71-,72+,73-,75-,76+,77+,85+,86+,87+/m1/s1. The number of primary amides is 1. The van der Waals surface area contributed by atoms with E-state index < -0.39 is 272 Å². The van der Waals surface area contributed by atoms with Gasteiger partial charge >= 0.3 is 5.97 Å². The van der Waals surface area contributed by atoms with E-state index in [4.69, 9.17) is 79.4 Å². The average Bonchev–Trinajstić information content (AvgIpc) is 0.762. The quantitative estimate of drug-likeness (QED) is 0.0328. The number of hydrogen-bond donors (Lipinski definition) is 19. The number of aliphatic hydroxyl groups is 6. The van der Waals surface area contributed by atoms with Crippen LogP contribution in [0.15, 0.2) is 133 Å². The van der Waals surface area contributed by atoms with Gasteiger partial charge in [-0.05, 0) is 158 Å². The van der Waals surface area contributed by atoms with Gasteiger partial charge in [0.2, 0.25) is 53.4 Å². The van der Waals surface area contributed by atoms with Crippen LogP contribution >= 0.6 is 34.8 Å². The van der Waals surface area contributed by atoms with Crippen molar-refractivity contribution in [3.63, 3.8) is 0 Å². The number of halogens is 3. The molecule has 127 heavy (non-hydrogen) atoms. The van der Waals surface area contributed by atoms with Crippen LogP contribution in [0.4, 0.5) is 0 Å². The number of rotatable bonds is 20. The summed E-state index contributed by atoms with van der Waals surface area (Å²) in [6.45, 7) is 9.11. The van der Waals surface area contributed by atoms with Crippen molar-refractivity contribution in [3.8, 4) is 68.2 Å². The van der Waals surface area contributed by atoms with Gasteiger partial charge in [-0.25, -0.2) is 4.79 Å². The molecule has 7 amide bonds. The van der Waals surface area contributed by atoms with Crippen LogP contribution in [0.25, 0.3) is 22.3 Å². The minimum absolute atomic E-state index is 0.0213. The van der Waals surface area contributed by atoms with Crippen molar-refractivity contribution in [2.75, 3.05) is 13.7 Å². The van der Waals surface area contributed by atoms with Crippen LogP contribution in [0, 0.1) is 16.7 Å².